The zero-order valence-corrected chi connectivity index (χ0v) is 19.5. The van der Waals surface area contributed by atoms with E-state index in [1.54, 1.807) is 24.3 Å². The molecule has 2 aliphatic heterocycles. The van der Waals surface area contributed by atoms with Crippen LogP contribution in [0, 0.1) is 0 Å². The average Bonchev–Trinajstić information content (AvgIpc) is 3.33. The van der Waals surface area contributed by atoms with Gasteiger partial charge < -0.3 is 27.0 Å². The Balaban J connectivity index is 1.54. The number of fused-ring (bicyclic) bond motifs is 1. The Hall–Kier alpha value is -3.63. The number of carbonyl (C=O) groups excluding carboxylic acids is 2. The molecule has 4 atom stereocenters. The third kappa shape index (κ3) is 4.94. The van der Waals surface area contributed by atoms with Gasteiger partial charge in [0.1, 0.15) is 23.2 Å². The number of H-pyrrole nitrogens is 1. The van der Waals surface area contributed by atoms with Crippen molar-refractivity contribution >= 4 is 53.0 Å². The summed E-state index contributed by atoms with van der Waals surface area (Å²) in [6, 6.07) is 4.37. The number of amides is 2. The molecule has 1 aromatic carbocycles. The van der Waals surface area contributed by atoms with Crippen LogP contribution in [-0.4, -0.2) is 81.9 Å². The maximum absolute atomic E-state index is 12.9. The van der Waals surface area contributed by atoms with Crippen LogP contribution in [0.1, 0.15) is 18.0 Å². The molecule has 1 aromatic heterocycles. The third-order valence-electron chi connectivity index (χ3n) is 5.40. The quantitative estimate of drug-likeness (QED) is 0.135. The van der Waals surface area contributed by atoms with E-state index in [0.717, 1.165) is 16.7 Å². The zero-order chi connectivity index (χ0) is 25.3. The van der Waals surface area contributed by atoms with Crippen LogP contribution in [0.15, 0.2) is 40.7 Å². The first-order valence-electron chi connectivity index (χ1n) is 10.1. The summed E-state index contributed by atoms with van der Waals surface area (Å²) < 4.78 is 0. The van der Waals surface area contributed by atoms with E-state index in [2.05, 4.69) is 25.9 Å². The fraction of sp³-hybridized carbons (Fsp3) is 0.316. The van der Waals surface area contributed by atoms with Gasteiger partial charge in [0.2, 0.25) is 11.1 Å². The normalized spacial score (nSPS) is 21.1. The SMILES string of the molecule is Nc1ccc(C(N)C(=O)NC2C(=O)N3C(C(=O)O)=C(C(CC(=O)O)Sc4nnn[nH]4)CS[C@@H]23)cc1. The number of carboxylic acids is 2. The van der Waals surface area contributed by atoms with Crippen molar-refractivity contribution in [2.45, 2.75) is 34.3 Å². The number of nitrogen functional groups attached to an aromatic ring is 1. The number of anilines is 1. The molecule has 2 aliphatic rings. The molecule has 1 saturated heterocycles. The number of aromatic nitrogens is 4. The van der Waals surface area contributed by atoms with Gasteiger partial charge in [-0.1, -0.05) is 23.9 Å². The fourth-order valence-electron chi connectivity index (χ4n) is 3.72. The van der Waals surface area contributed by atoms with Gasteiger partial charge in [-0.2, -0.15) is 0 Å². The Morgan fingerprint density at radius 3 is 2.60 bits per heavy atom. The molecule has 35 heavy (non-hydrogen) atoms. The number of carboxylic acid groups (broad SMARTS) is 2. The highest BCUT2D eigenvalue weighted by Crippen LogP contribution is 2.44. The molecule has 3 unspecified atom stereocenters. The van der Waals surface area contributed by atoms with Crippen LogP contribution in [0.25, 0.3) is 0 Å². The lowest BCUT2D eigenvalue weighted by Crippen LogP contribution is -2.71. The van der Waals surface area contributed by atoms with E-state index in [4.69, 9.17) is 11.5 Å². The molecule has 0 bridgehead atoms. The van der Waals surface area contributed by atoms with Gasteiger partial charge in [-0.15, -0.1) is 16.9 Å². The Morgan fingerprint density at radius 1 is 1.29 bits per heavy atom. The summed E-state index contributed by atoms with van der Waals surface area (Å²) in [6.07, 6.45) is -0.415. The van der Waals surface area contributed by atoms with Crippen molar-refractivity contribution in [1.82, 2.24) is 30.8 Å². The Bertz CT molecular complexity index is 1190. The van der Waals surface area contributed by atoms with Gasteiger partial charge in [-0.3, -0.25) is 19.3 Å². The molecule has 0 aliphatic carbocycles. The molecule has 2 amide bonds. The summed E-state index contributed by atoms with van der Waals surface area (Å²) in [6.45, 7) is 0. The molecular formula is C19H20N8O6S2. The predicted octanol–water partition coefficient (Wildman–Crippen LogP) is -0.844. The minimum atomic E-state index is -1.38. The summed E-state index contributed by atoms with van der Waals surface area (Å²) in [5.41, 5.74) is 12.6. The standard InChI is InChI=1S/C19H20N8O6S2/c20-8-3-1-7(2-4-8)12(21)15(30)22-13-16(31)27-14(18(32)33)9(6-34-17(13)27)10(5-11(28)29)35-19-23-25-26-24-19/h1-4,10,12-13,17H,5-6,20-21H2,(H,22,30)(H,28,29)(H,32,33)(H,23,24,25,26)/t10?,12?,13?,17-/m0/s1. The van der Waals surface area contributed by atoms with Crippen LogP contribution < -0.4 is 16.8 Å². The zero-order valence-electron chi connectivity index (χ0n) is 17.8. The smallest absolute Gasteiger partial charge is 0.352 e. The van der Waals surface area contributed by atoms with Crippen LogP contribution >= 0.6 is 23.5 Å². The highest BCUT2D eigenvalue weighted by Gasteiger charge is 2.55. The molecule has 0 spiro atoms. The number of aromatic amines is 1. The molecule has 0 radical (unpaired) electrons. The van der Waals surface area contributed by atoms with E-state index in [-0.39, 0.29) is 22.2 Å². The number of aliphatic carboxylic acids is 2. The van der Waals surface area contributed by atoms with Gasteiger partial charge in [0, 0.05) is 16.7 Å². The van der Waals surface area contributed by atoms with Crippen molar-refractivity contribution in [2.75, 3.05) is 11.5 Å². The van der Waals surface area contributed by atoms with E-state index in [1.165, 1.54) is 11.8 Å². The van der Waals surface area contributed by atoms with Gasteiger partial charge in [0.05, 0.1) is 6.42 Å². The van der Waals surface area contributed by atoms with Crippen molar-refractivity contribution in [3.8, 4) is 0 Å². The highest BCUT2D eigenvalue weighted by molar-refractivity contribution is 8.01. The second-order valence-corrected chi connectivity index (χ2v) is 9.93. The number of benzene rings is 1. The van der Waals surface area contributed by atoms with E-state index in [1.807, 2.05) is 0 Å². The number of nitrogens with one attached hydrogen (secondary N) is 2. The van der Waals surface area contributed by atoms with Crippen LogP contribution in [0.2, 0.25) is 0 Å². The lowest BCUT2D eigenvalue weighted by Gasteiger charge is -2.50. The first-order chi connectivity index (χ1) is 16.7. The summed E-state index contributed by atoms with van der Waals surface area (Å²) in [4.78, 5) is 50.3. The molecule has 8 N–H and O–H groups in total. The van der Waals surface area contributed by atoms with Crippen molar-refractivity contribution < 1.29 is 29.4 Å². The Morgan fingerprint density at radius 2 is 2.00 bits per heavy atom. The van der Waals surface area contributed by atoms with E-state index >= 15 is 0 Å². The number of hydrogen-bond donors (Lipinski definition) is 6. The Kier molecular flexibility index (Phi) is 6.95. The summed E-state index contributed by atoms with van der Waals surface area (Å²) >= 11 is 2.17. The number of β-lactam (4-membered cyclic amide) rings is 1. The minimum absolute atomic E-state index is 0.124. The maximum atomic E-state index is 12.9. The van der Waals surface area contributed by atoms with Gasteiger partial charge >= 0.3 is 11.9 Å². The van der Waals surface area contributed by atoms with Crippen molar-refractivity contribution in [3.63, 3.8) is 0 Å². The molecule has 1 fully saturated rings. The van der Waals surface area contributed by atoms with Crippen LogP contribution in [-0.2, 0) is 19.2 Å². The maximum Gasteiger partial charge on any atom is 0.352 e. The second-order valence-electron chi connectivity index (χ2n) is 7.63. The molecule has 184 valence electrons. The van der Waals surface area contributed by atoms with Gasteiger partial charge in [-0.05, 0) is 33.7 Å². The summed E-state index contributed by atoms with van der Waals surface area (Å²) in [5.74, 6) is -3.64. The minimum Gasteiger partial charge on any atom is -0.481 e. The van der Waals surface area contributed by atoms with Crippen molar-refractivity contribution in [2.24, 2.45) is 5.73 Å². The predicted molar refractivity (Wildman–Crippen MR) is 124 cm³/mol. The molecule has 3 heterocycles. The third-order valence-corrected chi connectivity index (χ3v) is 7.84. The van der Waals surface area contributed by atoms with Crippen molar-refractivity contribution in [3.05, 3.63) is 41.1 Å². The molecule has 14 nitrogen and oxygen atoms in total. The van der Waals surface area contributed by atoms with Crippen molar-refractivity contribution in [1.29, 1.82) is 0 Å². The van der Waals surface area contributed by atoms with E-state index < -0.39 is 52.9 Å². The highest BCUT2D eigenvalue weighted by atomic mass is 32.2. The first-order valence-corrected chi connectivity index (χ1v) is 12.0. The molecular weight excluding hydrogens is 500 g/mol. The lowest BCUT2D eigenvalue weighted by molar-refractivity contribution is -0.150. The monoisotopic (exact) mass is 520 g/mol. The molecule has 4 rings (SSSR count). The largest absolute Gasteiger partial charge is 0.481 e. The number of tetrazole rings is 1. The number of carbonyl (C=O) groups is 4. The topological polar surface area (TPSA) is 231 Å². The van der Waals surface area contributed by atoms with Crippen LogP contribution in [0.4, 0.5) is 5.69 Å². The number of hydrogen-bond acceptors (Lipinski definition) is 11. The molecule has 16 heteroatoms. The van der Waals surface area contributed by atoms with Gasteiger partial charge in [0.25, 0.3) is 5.91 Å². The van der Waals surface area contributed by atoms with Crippen LogP contribution in [0.3, 0.4) is 0 Å². The number of nitrogens with two attached hydrogens (primary N) is 2. The molecule has 0 saturated carbocycles. The molecule has 2 aromatic rings. The van der Waals surface area contributed by atoms with Crippen LogP contribution in [0.5, 0.6) is 0 Å². The van der Waals surface area contributed by atoms with Gasteiger partial charge in [0.15, 0.2) is 0 Å². The fourth-order valence-corrected chi connectivity index (χ4v) is 6.26. The first kappa shape index (κ1) is 24.5. The Labute approximate surface area is 205 Å². The van der Waals surface area contributed by atoms with Gasteiger partial charge in [-0.25, -0.2) is 9.89 Å². The summed E-state index contributed by atoms with van der Waals surface area (Å²) in [7, 11) is 0. The number of thioether (sulfide) groups is 2. The average molecular weight is 521 g/mol. The van der Waals surface area contributed by atoms with E-state index in [0.29, 0.717) is 11.3 Å². The lowest BCUT2D eigenvalue weighted by atomic mass is 9.99. The second kappa shape index (κ2) is 9.93. The van der Waals surface area contributed by atoms with E-state index in [9.17, 15) is 29.4 Å². The summed E-state index contributed by atoms with van der Waals surface area (Å²) in [5, 5.41) is 33.6. The number of rotatable bonds is 9. The number of nitrogens with zero attached hydrogens (tertiary/aromatic N) is 4.